The summed E-state index contributed by atoms with van der Waals surface area (Å²) in [6.07, 6.45) is 4.60. The number of carbonyl (C=O) groups is 2. The quantitative estimate of drug-likeness (QED) is 0.760. The van der Waals surface area contributed by atoms with Crippen molar-refractivity contribution in [2.75, 3.05) is 18.4 Å². The molecule has 0 radical (unpaired) electrons. The van der Waals surface area contributed by atoms with Gasteiger partial charge >= 0.3 is 0 Å². The highest BCUT2D eigenvalue weighted by Gasteiger charge is 2.22. The van der Waals surface area contributed by atoms with Crippen LogP contribution in [0.2, 0.25) is 0 Å². The highest BCUT2D eigenvalue weighted by molar-refractivity contribution is 6.08. The van der Waals surface area contributed by atoms with Crippen molar-refractivity contribution < 1.29 is 9.59 Å². The monoisotopic (exact) mass is 375 g/mol. The van der Waals surface area contributed by atoms with Crippen LogP contribution in [0.15, 0.2) is 60.8 Å². The fraction of sp³-hybridized carbons (Fsp3) is 0.238. The minimum atomic E-state index is -0.402. The Morgan fingerprint density at radius 1 is 0.893 bits per heavy atom. The number of likely N-dealkylation sites (tertiary alicyclic amines) is 1. The molecule has 7 nitrogen and oxygen atoms in total. The van der Waals surface area contributed by atoms with Gasteiger partial charge in [-0.15, -0.1) is 5.10 Å². The van der Waals surface area contributed by atoms with Crippen molar-refractivity contribution in [2.45, 2.75) is 19.3 Å². The number of benzene rings is 2. The van der Waals surface area contributed by atoms with E-state index in [0.29, 0.717) is 11.3 Å². The molecule has 3 aromatic rings. The molecule has 28 heavy (non-hydrogen) atoms. The third kappa shape index (κ3) is 3.78. The summed E-state index contributed by atoms with van der Waals surface area (Å²) in [6.45, 7) is 1.51. The van der Waals surface area contributed by atoms with Crippen molar-refractivity contribution in [3.05, 3.63) is 72.1 Å². The molecule has 0 aliphatic carbocycles. The zero-order valence-electron chi connectivity index (χ0n) is 15.4. The molecule has 1 aliphatic rings. The summed E-state index contributed by atoms with van der Waals surface area (Å²) in [5.74, 6) is -0.454. The number of rotatable bonds is 4. The van der Waals surface area contributed by atoms with Gasteiger partial charge in [0.2, 0.25) is 0 Å². The second-order valence-corrected chi connectivity index (χ2v) is 6.71. The number of nitrogens with one attached hydrogen (secondary N) is 1. The van der Waals surface area contributed by atoms with Gasteiger partial charge in [-0.25, -0.2) is 0 Å². The number of para-hydroxylation sites is 2. The molecule has 7 heteroatoms. The lowest BCUT2D eigenvalue weighted by Crippen LogP contribution is -2.36. The van der Waals surface area contributed by atoms with Crippen LogP contribution in [-0.2, 0) is 0 Å². The lowest BCUT2D eigenvalue weighted by Gasteiger charge is -2.27. The minimum Gasteiger partial charge on any atom is -0.339 e. The molecule has 1 fully saturated rings. The standard InChI is InChI=1S/C21H21N5O2/c27-20(19-15-22-26(24-19)16-9-3-1-4-10-16)23-18-12-6-5-11-17(18)21(28)25-13-7-2-8-14-25/h1,3-6,9-12,15H,2,7-8,13-14H2,(H,23,27). The van der Waals surface area contributed by atoms with Crippen molar-refractivity contribution in [1.82, 2.24) is 19.9 Å². The highest BCUT2D eigenvalue weighted by Crippen LogP contribution is 2.20. The second kappa shape index (κ2) is 8.04. The third-order valence-corrected chi connectivity index (χ3v) is 4.76. The van der Waals surface area contributed by atoms with Crippen molar-refractivity contribution in [2.24, 2.45) is 0 Å². The fourth-order valence-corrected chi connectivity index (χ4v) is 3.29. The van der Waals surface area contributed by atoms with Gasteiger partial charge in [0.05, 0.1) is 23.1 Å². The molecule has 0 bridgehead atoms. The topological polar surface area (TPSA) is 80.1 Å². The number of carbonyl (C=O) groups excluding carboxylic acids is 2. The lowest BCUT2D eigenvalue weighted by molar-refractivity contribution is 0.0725. The predicted octanol–water partition coefficient (Wildman–Crippen LogP) is 3.15. The first-order valence-corrected chi connectivity index (χ1v) is 9.40. The first-order valence-electron chi connectivity index (χ1n) is 9.40. The van der Waals surface area contributed by atoms with E-state index in [-0.39, 0.29) is 11.6 Å². The van der Waals surface area contributed by atoms with E-state index in [1.54, 1.807) is 24.3 Å². The summed E-state index contributed by atoms with van der Waals surface area (Å²) in [5, 5.41) is 11.2. The van der Waals surface area contributed by atoms with Gasteiger partial charge in [-0.3, -0.25) is 9.59 Å². The average Bonchev–Trinajstić information content (AvgIpc) is 3.25. The molecule has 2 amide bonds. The van der Waals surface area contributed by atoms with Gasteiger partial charge in [0.1, 0.15) is 0 Å². The molecule has 4 rings (SSSR count). The van der Waals surface area contributed by atoms with Crippen LogP contribution >= 0.6 is 0 Å². The number of piperidine rings is 1. The average molecular weight is 375 g/mol. The van der Waals surface area contributed by atoms with E-state index in [2.05, 4.69) is 15.5 Å². The van der Waals surface area contributed by atoms with E-state index >= 15 is 0 Å². The van der Waals surface area contributed by atoms with Crippen LogP contribution in [0.5, 0.6) is 0 Å². The Bertz CT molecular complexity index is 977. The van der Waals surface area contributed by atoms with Crippen LogP contribution in [0.1, 0.15) is 40.1 Å². The number of aromatic nitrogens is 3. The summed E-state index contributed by atoms with van der Waals surface area (Å²) in [7, 11) is 0. The highest BCUT2D eigenvalue weighted by atomic mass is 16.2. The molecule has 0 atom stereocenters. The first-order chi connectivity index (χ1) is 13.7. The number of hydrogen-bond acceptors (Lipinski definition) is 4. The normalized spacial score (nSPS) is 13.9. The smallest absolute Gasteiger partial charge is 0.277 e. The van der Waals surface area contributed by atoms with Crippen LogP contribution in [-0.4, -0.2) is 44.8 Å². The zero-order chi connectivity index (χ0) is 19.3. The van der Waals surface area contributed by atoms with Crippen LogP contribution in [0, 0.1) is 0 Å². The van der Waals surface area contributed by atoms with E-state index < -0.39 is 5.91 Å². The van der Waals surface area contributed by atoms with Crippen molar-refractivity contribution in [3.8, 4) is 5.69 Å². The van der Waals surface area contributed by atoms with Crippen LogP contribution in [0.25, 0.3) is 5.69 Å². The summed E-state index contributed by atoms with van der Waals surface area (Å²) in [5.41, 5.74) is 1.93. The number of nitrogens with zero attached hydrogens (tertiary/aromatic N) is 4. The van der Waals surface area contributed by atoms with Gasteiger partial charge in [-0.1, -0.05) is 30.3 Å². The van der Waals surface area contributed by atoms with E-state index in [0.717, 1.165) is 38.0 Å². The summed E-state index contributed by atoms with van der Waals surface area (Å²) in [4.78, 5) is 28.8. The molecule has 142 valence electrons. The van der Waals surface area contributed by atoms with Crippen LogP contribution < -0.4 is 5.32 Å². The maximum atomic E-state index is 12.9. The maximum Gasteiger partial charge on any atom is 0.277 e. The van der Waals surface area contributed by atoms with Gasteiger partial charge in [0, 0.05) is 13.1 Å². The van der Waals surface area contributed by atoms with Gasteiger partial charge < -0.3 is 10.2 Å². The van der Waals surface area contributed by atoms with Crippen molar-refractivity contribution >= 4 is 17.5 Å². The van der Waals surface area contributed by atoms with E-state index in [1.807, 2.05) is 35.2 Å². The van der Waals surface area contributed by atoms with E-state index in [9.17, 15) is 9.59 Å². The van der Waals surface area contributed by atoms with E-state index in [4.69, 9.17) is 0 Å². The van der Waals surface area contributed by atoms with Crippen LogP contribution in [0.3, 0.4) is 0 Å². The van der Waals surface area contributed by atoms with Gasteiger partial charge in [-0.05, 0) is 43.5 Å². The second-order valence-electron chi connectivity index (χ2n) is 6.71. The van der Waals surface area contributed by atoms with Crippen molar-refractivity contribution in [3.63, 3.8) is 0 Å². The Morgan fingerprint density at radius 2 is 1.61 bits per heavy atom. The third-order valence-electron chi connectivity index (χ3n) is 4.76. The molecule has 1 saturated heterocycles. The zero-order valence-corrected chi connectivity index (χ0v) is 15.4. The summed E-state index contributed by atoms with van der Waals surface area (Å²) < 4.78 is 0. The molecule has 1 aliphatic heterocycles. The molecule has 2 aromatic carbocycles. The molecule has 0 spiro atoms. The SMILES string of the molecule is O=C(Nc1ccccc1C(=O)N1CCCCC1)c1cnn(-c2ccccc2)n1. The molecule has 0 saturated carbocycles. The number of hydrogen-bond donors (Lipinski definition) is 1. The van der Waals surface area contributed by atoms with Gasteiger partial charge in [0.25, 0.3) is 11.8 Å². The van der Waals surface area contributed by atoms with Gasteiger partial charge in [-0.2, -0.15) is 9.90 Å². The lowest BCUT2D eigenvalue weighted by atomic mass is 10.1. The molecule has 2 heterocycles. The first kappa shape index (κ1) is 17.9. The van der Waals surface area contributed by atoms with Gasteiger partial charge in [0.15, 0.2) is 5.69 Å². The molecule has 0 unspecified atom stereocenters. The number of anilines is 1. The predicted molar refractivity (Wildman–Crippen MR) is 106 cm³/mol. The summed E-state index contributed by atoms with van der Waals surface area (Å²) >= 11 is 0. The molecular formula is C21H21N5O2. The fourth-order valence-electron chi connectivity index (χ4n) is 3.29. The Hall–Kier alpha value is -3.48. The Morgan fingerprint density at radius 3 is 2.39 bits per heavy atom. The minimum absolute atomic E-state index is 0.0523. The Kier molecular flexibility index (Phi) is 5.14. The molecule has 1 N–H and O–H groups in total. The van der Waals surface area contributed by atoms with Crippen molar-refractivity contribution in [1.29, 1.82) is 0 Å². The van der Waals surface area contributed by atoms with E-state index in [1.165, 1.54) is 11.0 Å². The number of amides is 2. The Labute approximate surface area is 163 Å². The molecular weight excluding hydrogens is 354 g/mol. The maximum absolute atomic E-state index is 12.9. The molecule has 1 aromatic heterocycles. The van der Waals surface area contributed by atoms with Crippen LogP contribution in [0.4, 0.5) is 5.69 Å². The Balaban J connectivity index is 1.52. The summed E-state index contributed by atoms with van der Waals surface area (Å²) in [6, 6.07) is 16.4. The largest absolute Gasteiger partial charge is 0.339 e.